The number of carbonyl (C=O) groups is 3. The van der Waals surface area contributed by atoms with Crippen LogP contribution < -0.4 is 10.6 Å². The van der Waals surface area contributed by atoms with E-state index in [1.54, 1.807) is 49.9 Å². The van der Waals surface area contributed by atoms with Gasteiger partial charge in [-0.2, -0.15) is 0 Å². The number of nitrogens with zero attached hydrogens (tertiary/aromatic N) is 1. The zero-order chi connectivity index (χ0) is 33.9. The third-order valence-corrected chi connectivity index (χ3v) is 7.67. The minimum atomic E-state index is -1.03. The largest absolute Gasteiger partial charge is 0.508 e. The number of aryl methyl sites for hydroxylation is 3. The van der Waals surface area contributed by atoms with Crippen LogP contribution in [0.5, 0.6) is 5.75 Å². The Morgan fingerprint density at radius 3 is 2.11 bits per heavy atom. The number of phenols is 1. The van der Waals surface area contributed by atoms with Gasteiger partial charge in [-0.25, -0.2) is 4.79 Å². The number of hydrogen-bond donors (Lipinski definition) is 3. The monoisotopic (exact) mass is 629 g/mol. The van der Waals surface area contributed by atoms with Gasteiger partial charge in [-0.05, 0) is 82.9 Å². The third-order valence-electron chi connectivity index (χ3n) is 7.67. The lowest BCUT2D eigenvalue weighted by Crippen LogP contribution is -2.53. The van der Waals surface area contributed by atoms with Gasteiger partial charge in [-0.15, -0.1) is 0 Å². The third kappa shape index (κ3) is 11.2. The molecular weight excluding hydrogens is 578 g/mol. The summed E-state index contributed by atoms with van der Waals surface area (Å²) in [6.07, 6.45) is 4.22. The second-order valence-electron chi connectivity index (χ2n) is 13.1. The second kappa shape index (κ2) is 16.8. The molecule has 0 aliphatic carbocycles. The van der Waals surface area contributed by atoms with Gasteiger partial charge in [-0.3, -0.25) is 9.59 Å². The highest BCUT2D eigenvalue weighted by Gasteiger charge is 2.36. The maximum Gasteiger partial charge on any atom is 0.408 e. The number of carbonyl (C=O) groups excluding carboxylic acids is 3. The first-order valence-corrected chi connectivity index (χ1v) is 16.3. The van der Waals surface area contributed by atoms with Crippen molar-refractivity contribution in [2.45, 2.75) is 105 Å². The van der Waals surface area contributed by atoms with Gasteiger partial charge in [0, 0.05) is 18.7 Å². The Kier molecular flexibility index (Phi) is 13.2. The molecule has 0 saturated heterocycles. The molecule has 248 valence electrons. The molecule has 0 aliphatic rings. The van der Waals surface area contributed by atoms with E-state index in [0.29, 0.717) is 24.2 Å². The molecule has 0 bridgehead atoms. The van der Waals surface area contributed by atoms with E-state index in [9.17, 15) is 19.5 Å². The molecule has 0 heterocycles. The van der Waals surface area contributed by atoms with Gasteiger partial charge in [0.1, 0.15) is 23.4 Å². The predicted octanol–water partition coefficient (Wildman–Crippen LogP) is 7.93. The molecule has 0 saturated carbocycles. The van der Waals surface area contributed by atoms with E-state index >= 15 is 0 Å². The molecule has 3 rings (SSSR count). The molecule has 2 unspecified atom stereocenters. The summed E-state index contributed by atoms with van der Waals surface area (Å²) in [4.78, 5) is 43.8. The summed E-state index contributed by atoms with van der Waals surface area (Å²) >= 11 is 0. The lowest BCUT2D eigenvalue weighted by Gasteiger charge is -2.35. The van der Waals surface area contributed by atoms with Crippen molar-refractivity contribution in [3.05, 3.63) is 94.5 Å². The minimum Gasteiger partial charge on any atom is -0.508 e. The zero-order valence-corrected chi connectivity index (χ0v) is 28.5. The Hall–Kier alpha value is -4.33. The molecule has 46 heavy (non-hydrogen) atoms. The number of aromatic hydroxyl groups is 1. The van der Waals surface area contributed by atoms with Gasteiger partial charge < -0.3 is 25.4 Å². The van der Waals surface area contributed by atoms with Crippen LogP contribution in [0.25, 0.3) is 0 Å². The van der Waals surface area contributed by atoms with E-state index in [4.69, 9.17) is 4.74 Å². The Balaban J connectivity index is 2.11. The van der Waals surface area contributed by atoms with Crippen molar-refractivity contribution < 1.29 is 24.2 Å². The fourth-order valence-corrected chi connectivity index (χ4v) is 5.52. The van der Waals surface area contributed by atoms with Gasteiger partial charge in [-0.1, -0.05) is 92.3 Å². The number of amides is 3. The first-order valence-electron chi connectivity index (χ1n) is 16.3. The topological polar surface area (TPSA) is 108 Å². The molecule has 0 aliphatic heterocycles. The molecule has 3 aromatic carbocycles. The maximum absolute atomic E-state index is 14.8. The van der Waals surface area contributed by atoms with Crippen LogP contribution in [0.15, 0.2) is 66.7 Å². The van der Waals surface area contributed by atoms with E-state index in [1.165, 1.54) is 0 Å². The van der Waals surface area contributed by atoms with Crippen molar-refractivity contribution in [2.75, 3.05) is 11.9 Å². The average molecular weight is 630 g/mol. The fraction of sp³-hybridized carbons (Fsp3) is 0.447. The molecule has 3 amide bonds. The number of para-hydroxylation sites is 1. The highest BCUT2D eigenvalue weighted by Crippen LogP contribution is 2.28. The summed E-state index contributed by atoms with van der Waals surface area (Å²) in [7, 11) is 0. The lowest BCUT2D eigenvalue weighted by molar-refractivity contribution is -0.140. The SMILES string of the molecule is CCCCCCCN(C(=O)C(Cc1ccc(O)cc1)NC(=O)OC(C)(C)C)C(C(=O)Nc1ccccc1C)c1cc(C)cc(C)c1. The Bertz CT molecular complexity index is 1440. The minimum absolute atomic E-state index is 0.100. The van der Waals surface area contributed by atoms with E-state index in [-0.39, 0.29) is 18.1 Å². The maximum atomic E-state index is 14.8. The number of phenolic OH excluding ortho intramolecular Hbond substituents is 1. The number of ether oxygens (including phenoxy) is 1. The van der Waals surface area contributed by atoms with Gasteiger partial charge in [0.2, 0.25) is 5.91 Å². The Morgan fingerprint density at radius 1 is 0.870 bits per heavy atom. The molecule has 0 aromatic heterocycles. The standard InChI is InChI=1S/C38H51N3O5/c1-8-9-10-11-14-21-41(36(44)33(40-37(45)46-38(5,6)7)25-29-17-19-31(42)20-18-29)34(30-23-26(2)22-27(3)24-30)35(43)39-32-16-13-12-15-28(32)4/h12-13,15-20,22-24,33-34,42H,8-11,14,21,25H2,1-7H3,(H,39,43)(H,40,45). The molecule has 0 fully saturated rings. The molecule has 8 heteroatoms. The zero-order valence-electron chi connectivity index (χ0n) is 28.5. The smallest absolute Gasteiger partial charge is 0.408 e. The average Bonchev–Trinajstić information content (AvgIpc) is 2.96. The van der Waals surface area contributed by atoms with Crippen molar-refractivity contribution in [3.63, 3.8) is 0 Å². The number of alkyl carbamates (subject to hydrolysis) is 1. The number of anilines is 1. The molecule has 0 radical (unpaired) electrons. The van der Waals surface area contributed by atoms with E-state index < -0.39 is 29.7 Å². The van der Waals surface area contributed by atoms with E-state index in [1.807, 2.05) is 63.2 Å². The molecule has 8 nitrogen and oxygen atoms in total. The summed E-state index contributed by atoms with van der Waals surface area (Å²) < 4.78 is 5.56. The van der Waals surface area contributed by atoms with Crippen molar-refractivity contribution >= 4 is 23.6 Å². The van der Waals surface area contributed by atoms with Crippen LogP contribution in [0.3, 0.4) is 0 Å². The molecule has 0 spiro atoms. The summed E-state index contributed by atoms with van der Waals surface area (Å²) in [6, 6.07) is 18.0. The highest BCUT2D eigenvalue weighted by molar-refractivity contribution is 5.99. The van der Waals surface area contributed by atoms with Crippen molar-refractivity contribution in [3.8, 4) is 5.75 Å². The molecule has 2 atom stereocenters. The summed E-state index contributed by atoms with van der Waals surface area (Å²) in [5, 5.41) is 15.8. The first kappa shape index (κ1) is 36.1. The Labute approximate surface area is 274 Å². The van der Waals surface area contributed by atoms with Crippen LogP contribution in [0.1, 0.15) is 93.7 Å². The quantitative estimate of drug-likeness (QED) is 0.157. The second-order valence-corrected chi connectivity index (χ2v) is 13.1. The van der Waals surface area contributed by atoms with Crippen molar-refractivity contribution in [1.29, 1.82) is 0 Å². The molecular formula is C38H51N3O5. The van der Waals surface area contributed by atoms with Crippen LogP contribution in [0.2, 0.25) is 0 Å². The number of hydrogen-bond acceptors (Lipinski definition) is 5. The highest BCUT2D eigenvalue weighted by atomic mass is 16.6. The number of benzene rings is 3. The van der Waals surface area contributed by atoms with Gasteiger partial charge >= 0.3 is 6.09 Å². The van der Waals surface area contributed by atoms with E-state index in [2.05, 4.69) is 17.6 Å². The predicted molar refractivity (Wildman–Crippen MR) is 184 cm³/mol. The van der Waals surface area contributed by atoms with Crippen LogP contribution in [-0.4, -0.2) is 46.1 Å². The summed E-state index contributed by atoms with van der Waals surface area (Å²) in [5.41, 5.74) is 4.20. The number of unbranched alkanes of at least 4 members (excludes halogenated alkanes) is 4. The van der Waals surface area contributed by atoms with Crippen molar-refractivity contribution in [1.82, 2.24) is 10.2 Å². The number of nitrogens with one attached hydrogen (secondary N) is 2. The Morgan fingerprint density at radius 2 is 1.50 bits per heavy atom. The number of rotatable bonds is 14. The van der Waals surface area contributed by atoms with Crippen LogP contribution >= 0.6 is 0 Å². The first-order chi connectivity index (χ1) is 21.8. The lowest BCUT2D eigenvalue weighted by atomic mass is 9.96. The van der Waals surface area contributed by atoms with Crippen LogP contribution in [0, 0.1) is 20.8 Å². The van der Waals surface area contributed by atoms with Gasteiger partial charge in [0.25, 0.3) is 5.91 Å². The van der Waals surface area contributed by atoms with Crippen LogP contribution in [-0.2, 0) is 20.7 Å². The van der Waals surface area contributed by atoms with Gasteiger partial charge in [0.05, 0.1) is 0 Å². The summed E-state index contributed by atoms with van der Waals surface area (Å²) in [5.74, 6) is -0.622. The van der Waals surface area contributed by atoms with Crippen molar-refractivity contribution in [2.24, 2.45) is 0 Å². The summed E-state index contributed by atoms with van der Waals surface area (Å²) in [6.45, 7) is 13.6. The normalized spacial score (nSPS) is 12.6. The van der Waals surface area contributed by atoms with Crippen LogP contribution in [0.4, 0.5) is 10.5 Å². The molecule has 3 N–H and O–H groups in total. The van der Waals surface area contributed by atoms with E-state index in [0.717, 1.165) is 47.9 Å². The fourth-order valence-electron chi connectivity index (χ4n) is 5.52. The molecule has 3 aromatic rings. The van der Waals surface area contributed by atoms with Gasteiger partial charge in [0.15, 0.2) is 0 Å².